The van der Waals surface area contributed by atoms with Crippen LogP contribution in [0.15, 0.2) is 16.7 Å². The van der Waals surface area contributed by atoms with Crippen molar-refractivity contribution in [3.8, 4) is 0 Å². The summed E-state index contributed by atoms with van der Waals surface area (Å²) >= 11 is 3.31. The van der Waals surface area contributed by atoms with E-state index < -0.39 is 0 Å². The van der Waals surface area contributed by atoms with Crippen molar-refractivity contribution in [1.29, 1.82) is 0 Å². The van der Waals surface area contributed by atoms with E-state index in [1.165, 1.54) is 0 Å². The molecule has 0 amide bonds. The first-order valence-corrected chi connectivity index (χ1v) is 3.59. The van der Waals surface area contributed by atoms with E-state index in [1.54, 1.807) is 0 Å². The van der Waals surface area contributed by atoms with Gasteiger partial charge in [0.25, 0.3) is 0 Å². The highest BCUT2D eigenvalue weighted by Gasteiger charge is 1.99. The zero-order valence-corrected chi connectivity index (χ0v) is 6.77. The molecular formula is C6H9BrN2. The van der Waals surface area contributed by atoms with E-state index >= 15 is 0 Å². The summed E-state index contributed by atoms with van der Waals surface area (Å²) in [6.07, 6.45) is 1.87. The molecule has 50 valence electrons. The predicted molar refractivity (Wildman–Crippen MR) is 41.1 cm³/mol. The van der Waals surface area contributed by atoms with Gasteiger partial charge in [0.1, 0.15) is 0 Å². The molecule has 0 bridgehead atoms. The number of aromatic nitrogens is 1. The van der Waals surface area contributed by atoms with E-state index in [0.717, 1.165) is 10.2 Å². The van der Waals surface area contributed by atoms with Crippen molar-refractivity contribution in [2.75, 3.05) is 0 Å². The number of aromatic amines is 1. The third kappa shape index (κ3) is 1.56. The Bertz CT molecular complexity index is 193. The van der Waals surface area contributed by atoms with Gasteiger partial charge in [-0.15, -0.1) is 0 Å². The lowest BCUT2D eigenvalue weighted by Crippen LogP contribution is -2.04. The molecule has 0 aliphatic rings. The van der Waals surface area contributed by atoms with Gasteiger partial charge >= 0.3 is 0 Å². The Kier molecular flexibility index (Phi) is 1.93. The average molecular weight is 189 g/mol. The fraction of sp³-hybridized carbons (Fsp3) is 0.333. The lowest BCUT2D eigenvalue weighted by molar-refractivity contribution is 0.789. The number of hydrogen-bond donors (Lipinski definition) is 2. The summed E-state index contributed by atoms with van der Waals surface area (Å²) in [6.45, 7) is 1.94. The molecule has 0 aliphatic carbocycles. The monoisotopic (exact) mass is 188 g/mol. The van der Waals surface area contributed by atoms with Gasteiger partial charge in [-0.1, -0.05) is 0 Å². The first-order chi connectivity index (χ1) is 4.20. The Hall–Kier alpha value is -0.280. The van der Waals surface area contributed by atoms with Crippen LogP contribution >= 0.6 is 15.9 Å². The normalized spacial score (nSPS) is 13.7. The zero-order chi connectivity index (χ0) is 6.85. The Morgan fingerprint density at radius 2 is 2.44 bits per heavy atom. The summed E-state index contributed by atoms with van der Waals surface area (Å²) in [5.74, 6) is 0. The van der Waals surface area contributed by atoms with Gasteiger partial charge in [-0.25, -0.2) is 0 Å². The Balaban J connectivity index is 2.85. The second-order valence-corrected chi connectivity index (χ2v) is 2.98. The molecular weight excluding hydrogens is 180 g/mol. The molecule has 0 saturated heterocycles. The zero-order valence-electron chi connectivity index (χ0n) is 5.19. The van der Waals surface area contributed by atoms with Crippen LogP contribution in [-0.4, -0.2) is 4.98 Å². The van der Waals surface area contributed by atoms with Gasteiger partial charge in [0.05, 0.1) is 0 Å². The van der Waals surface area contributed by atoms with Crippen LogP contribution in [0.2, 0.25) is 0 Å². The van der Waals surface area contributed by atoms with Crippen molar-refractivity contribution in [3.63, 3.8) is 0 Å². The molecule has 0 aliphatic heterocycles. The summed E-state index contributed by atoms with van der Waals surface area (Å²) < 4.78 is 1.05. The van der Waals surface area contributed by atoms with Gasteiger partial charge in [0.15, 0.2) is 0 Å². The highest BCUT2D eigenvalue weighted by atomic mass is 79.9. The van der Waals surface area contributed by atoms with Gasteiger partial charge in [-0.2, -0.15) is 0 Å². The van der Waals surface area contributed by atoms with E-state index in [0.29, 0.717) is 0 Å². The number of hydrogen-bond acceptors (Lipinski definition) is 1. The minimum absolute atomic E-state index is 0.0938. The maximum atomic E-state index is 5.57. The van der Waals surface area contributed by atoms with E-state index in [4.69, 9.17) is 5.73 Å². The first kappa shape index (κ1) is 6.83. The molecule has 3 N–H and O–H groups in total. The van der Waals surface area contributed by atoms with Crippen LogP contribution in [0.5, 0.6) is 0 Å². The van der Waals surface area contributed by atoms with E-state index in [2.05, 4.69) is 20.9 Å². The van der Waals surface area contributed by atoms with Gasteiger partial charge in [0, 0.05) is 22.4 Å². The molecule has 1 aromatic heterocycles. The molecule has 1 aromatic rings. The van der Waals surface area contributed by atoms with E-state index in [-0.39, 0.29) is 6.04 Å². The van der Waals surface area contributed by atoms with Crippen LogP contribution in [0.3, 0.4) is 0 Å². The summed E-state index contributed by atoms with van der Waals surface area (Å²) in [6, 6.07) is 2.07. The predicted octanol–water partition coefficient (Wildman–Crippen LogP) is 1.80. The fourth-order valence-corrected chi connectivity index (χ4v) is 1.01. The molecule has 2 nitrogen and oxygen atoms in total. The number of H-pyrrole nitrogens is 1. The van der Waals surface area contributed by atoms with Crippen LogP contribution in [0.1, 0.15) is 18.7 Å². The number of nitrogens with two attached hydrogens (primary N) is 1. The second kappa shape index (κ2) is 2.54. The van der Waals surface area contributed by atoms with Crippen molar-refractivity contribution in [1.82, 2.24) is 4.98 Å². The molecule has 0 fully saturated rings. The molecule has 1 atom stereocenters. The highest BCUT2D eigenvalue weighted by molar-refractivity contribution is 9.10. The van der Waals surface area contributed by atoms with Crippen LogP contribution in [0.25, 0.3) is 0 Å². The van der Waals surface area contributed by atoms with Crippen molar-refractivity contribution >= 4 is 15.9 Å². The van der Waals surface area contributed by atoms with Gasteiger partial charge in [-0.3, -0.25) is 0 Å². The number of halogens is 1. The number of rotatable bonds is 1. The smallest absolute Gasteiger partial charge is 0.0419 e. The average Bonchev–Trinajstić information content (AvgIpc) is 2.14. The fourth-order valence-electron chi connectivity index (χ4n) is 0.647. The molecule has 0 aromatic carbocycles. The quantitative estimate of drug-likeness (QED) is 0.694. The minimum Gasteiger partial charge on any atom is -0.363 e. The van der Waals surface area contributed by atoms with Crippen molar-refractivity contribution in [2.45, 2.75) is 13.0 Å². The van der Waals surface area contributed by atoms with Crippen LogP contribution in [-0.2, 0) is 0 Å². The van der Waals surface area contributed by atoms with Crippen LogP contribution in [0.4, 0.5) is 0 Å². The van der Waals surface area contributed by atoms with Gasteiger partial charge in [0.2, 0.25) is 0 Å². The minimum atomic E-state index is 0.0938. The summed E-state index contributed by atoms with van der Waals surface area (Å²) in [5.41, 5.74) is 6.63. The van der Waals surface area contributed by atoms with Crippen LogP contribution < -0.4 is 5.73 Å². The Labute approximate surface area is 62.6 Å². The van der Waals surface area contributed by atoms with E-state index in [9.17, 15) is 0 Å². The molecule has 9 heavy (non-hydrogen) atoms. The third-order valence-corrected chi connectivity index (χ3v) is 1.62. The Morgan fingerprint density at radius 1 is 1.78 bits per heavy atom. The third-order valence-electron chi connectivity index (χ3n) is 1.16. The molecule has 0 spiro atoms. The standard InChI is InChI=1S/C6H9BrN2/c1-4(8)6-2-5(7)3-9-6/h2-4,9H,8H2,1H3/t4-/m0/s1. The first-order valence-electron chi connectivity index (χ1n) is 2.79. The van der Waals surface area contributed by atoms with Crippen molar-refractivity contribution in [2.24, 2.45) is 5.73 Å². The molecule has 0 saturated carbocycles. The summed E-state index contributed by atoms with van der Waals surface area (Å²) in [7, 11) is 0. The topological polar surface area (TPSA) is 41.8 Å². The number of nitrogens with one attached hydrogen (secondary N) is 1. The molecule has 3 heteroatoms. The molecule has 0 radical (unpaired) electrons. The summed E-state index contributed by atoms with van der Waals surface area (Å²) in [5, 5.41) is 0. The molecule has 0 unspecified atom stereocenters. The van der Waals surface area contributed by atoms with Gasteiger partial charge < -0.3 is 10.7 Å². The van der Waals surface area contributed by atoms with Crippen molar-refractivity contribution < 1.29 is 0 Å². The lowest BCUT2D eigenvalue weighted by Gasteiger charge is -1.97. The van der Waals surface area contributed by atoms with Crippen LogP contribution in [0, 0.1) is 0 Å². The molecule has 1 rings (SSSR count). The molecule has 1 heterocycles. The largest absolute Gasteiger partial charge is 0.363 e. The summed E-state index contributed by atoms with van der Waals surface area (Å²) in [4.78, 5) is 3.03. The SMILES string of the molecule is C[C@H](N)c1cc(Br)c[nH]1. The maximum absolute atomic E-state index is 5.57. The van der Waals surface area contributed by atoms with Crippen molar-refractivity contribution in [3.05, 3.63) is 22.4 Å². The Morgan fingerprint density at radius 3 is 2.67 bits per heavy atom. The van der Waals surface area contributed by atoms with E-state index in [1.807, 2.05) is 19.2 Å². The van der Waals surface area contributed by atoms with Gasteiger partial charge in [-0.05, 0) is 28.9 Å². The second-order valence-electron chi connectivity index (χ2n) is 2.06. The lowest BCUT2D eigenvalue weighted by atomic mass is 10.3. The highest BCUT2D eigenvalue weighted by Crippen LogP contribution is 2.14. The maximum Gasteiger partial charge on any atom is 0.0419 e.